The molecule has 0 unspecified atom stereocenters. The maximum absolute atomic E-state index is 12.8. The van der Waals surface area contributed by atoms with Gasteiger partial charge in [-0.25, -0.2) is 8.42 Å². The number of nitrogens with one attached hydrogen (secondary N) is 1. The predicted molar refractivity (Wildman–Crippen MR) is 110 cm³/mol. The Bertz CT molecular complexity index is 1030. The largest absolute Gasteiger partial charge is 0.497 e. The molecule has 0 saturated carbocycles. The molecule has 27 heavy (non-hydrogen) atoms. The molecule has 0 heterocycles. The third kappa shape index (κ3) is 4.41. The smallest absolute Gasteiger partial charge is 0.261 e. The molecule has 0 aromatic heterocycles. The zero-order valence-corrected chi connectivity index (χ0v) is 16.3. The van der Waals surface area contributed by atoms with Gasteiger partial charge in [0, 0.05) is 25.5 Å². The highest BCUT2D eigenvalue weighted by Crippen LogP contribution is 2.27. The summed E-state index contributed by atoms with van der Waals surface area (Å²) in [4.78, 5) is 2.16. The average molecular weight is 382 g/mol. The number of hydrogen-bond donors (Lipinski definition) is 1. The van der Waals surface area contributed by atoms with Gasteiger partial charge >= 0.3 is 0 Å². The summed E-state index contributed by atoms with van der Waals surface area (Å²) in [6.45, 7) is 0. The molecule has 0 spiro atoms. The van der Waals surface area contributed by atoms with E-state index in [2.05, 4.69) is 4.72 Å². The molecule has 0 radical (unpaired) electrons. The first-order chi connectivity index (χ1) is 12.9. The van der Waals surface area contributed by atoms with E-state index in [9.17, 15) is 8.42 Å². The van der Waals surface area contributed by atoms with Crippen molar-refractivity contribution in [2.24, 2.45) is 0 Å². The Hall–Kier alpha value is -2.99. The van der Waals surface area contributed by atoms with Crippen molar-refractivity contribution in [1.29, 1.82) is 0 Å². The Morgan fingerprint density at radius 2 is 1.48 bits per heavy atom. The Kier molecular flexibility index (Phi) is 5.37. The van der Waals surface area contributed by atoms with Crippen LogP contribution in [-0.4, -0.2) is 29.6 Å². The van der Waals surface area contributed by atoms with Crippen molar-refractivity contribution in [3.05, 3.63) is 72.8 Å². The lowest BCUT2D eigenvalue weighted by atomic mass is 10.1. The summed E-state index contributed by atoms with van der Waals surface area (Å²) in [6.07, 6.45) is 0. The van der Waals surface area contributed by atoms with Crippen LogP contribution in [0.3, 0.4) is 0 Å². The molecule has 0 saturated heterocycles. The molecule has 3 rings (SSSR count). The summed E-state index contributed by atoms with van der Waals surface area (Å²) >= 11 is 0. The van der Waals surface area contributed by atoms with Crippen LogP contribution in [0.5, 0.6) is 5.75 Å². The molecule has 5 nitrogen and oxygen atoms in total. The summed E-state index contributed by atoms with van der Waals surface area (Å²) in [6, 6.07) is 21.6. The van der Waals surface area contributed by atoms with Gasteiger partial charge in [0.15, 0.2) is 0 Å². The minimum absolute atomic E-state index is 0.208. The van der Waals surface area contributed by atoms with Crippen LogP contribution < -0.4 is 14.4 Å². The number of ether oxygens (including phenoxy) is 1. The van der Waals surface area contributed by atoms with Gasteiger partial charge in [0.1, 0.15) is 5.75 Å². The fraction of sp³-hybridized carbons (Fsp3) is 0.143. The lowest BCUT2D eigenvalue weighted by molar-refractivity contribution is 0.415. The Balaban J connectivity index is 1.88. The van der Waals surface area contributed by atoms with Crippen molar-refractivity contribution in [3.63, 3.8) is 0 Å². The van der Waals surface area contributed by atoms with Crippen molar-refractivity contribution in [3.8, 4) is 16.9 Å². The SMILES string of the molecule is COc1cccc(-c2cccc(S(=O)(=O)Nc3ccc(N(C)C)cc3)c2)c1. The molecule has 0 bridgehead atoms. The minimum Gasteiger partial charge on any atom is -0.497 e. The molecule has 1 N–H and O–H groups in total. The molecule has 6 heteroatoms. The van der Waals surface area contributed by atoms with E-state index in [1.165, 1.54) is 0 Å². The van der Waals surface area contributed by atoms with Gasteiger partial charge in [0.2, 0.25) is 0 Å². The van der Waals surface area contributed by atoms with Crippen LogP contribution in [-0.2, 0) is 10.0 Å². The first-order valence-electron chi connectivity index (χ1n) is 8.44. The Morgan fingerprint density at radius 3 is 2.11 bits per heavy atom. The van der Waals surface area contributed by atoms with E-state index in [4.69, 9.17) is 4.74 Å². The normalized spacial score (nSPS) is 11.1. The Labute approximate surface area is 160 Å². The number of methoxy groups -OCH3 is 1. The molecule has 3 aromatic rings. The van der Waals surface area contributed by atoms with Gasteiger partial charge in [-0.3, -0.25) is 4.72 Å². The van der Waals surface area contributed by atoms with Crippen molar-refractivity contribution >= 4 is 21.4 Å². The van der Waals surface area contributed by atoms with Gasteiger partial charge in [-0.05, 0) is 59.7 Å². The molecule has 0 atom stereocenters. The average Bonchev–Trinajstić information content (AvgIpc) is 2.68. The van der Waals surface area contributed by atoms with Gasteiger partial charge < -0.3 is 9.64 Å². The number of sulfonamides is 1. The number of nitrogens with zero attached hydrogens (tertiary/aromatic N) is 1. The molecule has 140 valence electrons. The summed E-state index contributed by atoms with van der Waals surface area (Å²) in [5.41, 5.74) is 3.21. The first-order valence-corrected chi connectivity index (χ1v) is 9.92. The van der Waals surface area contributed by atoms with Gasteiger partial charge in [0.05, 0.1) is 12.0 Å². The van der Waals surface area contributed by atoms with Gasteiger partial charge in [-0.1, -0.05) is 24.3 Å². The quantitative estimate of drug-likeness (QED) is 0.693. The summed E-state index contributed by atoms with van der Waals surface area (Å²) in [7, 11) is 1.78. The van der Waals surface area contributed by atoms with E-state index in [0.717, 1.165) is 22.6 Å². The number of anilines is 2. The van der Waals surface area contributed by atoms with Crippen LogP contribution in [0.15, 0.2) is 77.7 Å². The van der Waals surface area contributed by atoms with E-state index < -0.39 is 10.0 Å². The molecule has 0 amide bonds. The van der Waals surface area contributed by atoms with E-state index in [-0.39, 0.29) is 4.90 Å². The van der Waals surface area contributed by atoms with E-state index in [1.54, 1.807) is 37.4 Å². The highest BCUT2D eigenvalue weighted by atomic mass is 32.2. The monoisotopic (exact) mass is 382 g/mol. The van der Waals surface area contributed by atoms with Gasteiger partial charge in [0.25, 0.3) is 10.0 Å². The molecule has 0 aliphatic heterocycles. The Morgan fingerprint density at radius 1 is 0.852 bits per heavy atom. The van der Waals surface area contributed by atoms with Crippen molar-refractivity contribution < 1.29 is 13.2 Å². The van der Waals surface area contributed by atoms with Gasteiger partial charge in [-0.15, -0.1) is 0 Å². The summed E-state index contributed by atoms with van der Waals surface area (Å²) in [5, 5.41) is 0. The fourth-order valence-electron chi connectivity index (χ4n) is 2.69. The maximum atomic E-state index is 12.8. The summed E-state index contributed by atoms with van der Waals surface area (Å²) < 4.78 is 33.4. The number of rotatable bonds is 6. The lowest BCUT2D eigenvalue weighted by Gasteiger charge is -2.14. The molecule has 0 aliphatic carbocycles. The molecule has 0 aliphatic rings. The van der Waals surface area contributed by atoms with Crippen LogP contribution >= 0.6 is 0 Å². The minimum atomic E-state index is -3.69. The second kappa shape index (κ2) is 7.72. The molecule has 3 aromatic carbocycles. The highest BCUT2D eigenvalue weighted by Gasteiger charge is 2.15. The van der Waals surface area contributed by atoms with Crippen molar-refractivity contribution in [2.75, 3.05) is 30.8 Å². The molecular formula is C21H22N2O3S. The van der Waals surface area contributed by atoms with Crippen LogP contribution in [0.25, 0.3) is 11.1 Å². The number of benzene rings is 3. The topological polar surface area (TPSA) is 58.6 Å². The zero-order chi connectivity index (χ0) is 19.4. The molecular weight excluding hydrogens is 360 g/mol. The van der Waals surface area contributed by atoms with Crippen LogP contribution in [0.1, 0.15) is 0 Å². The zero-order valence-electron chi connectivity index (χ0n) is 15.5. The second-order valence-electron chi connectivity index (χ2n) is 6.31. The first kappa shape index (κ1) is 18.8. The third-order valence-corrected chi connectivity index (χ3v) is 5.56. The highest BCUT2D eigenvalue weighted by molar-refractivity contribution is 7.92. The number of hydrogen-bond acceptors (Lipinski definition) is 4. The van der Waals surface area contributed by atoms with Crippen LogP contribution in [0.2, 0.25) is 0 Å². The van der Waals surface area contributed by atoms with E-state index in [0.29, 0.717) is 5.69 Å². The molecule has 0 fully saturated rings. The third-order valence-electron chi connectivity index (χ3n) is 4.18. The van der Waals surface area contributed by atoms with Crippen molar-refractivity contribution in [2.45, 2.75) is 4.90 Å². The van der Waals surface area contributed by atoms with Crippen LogP contribution in [0, 0.1) is 0 Å². The van der Waals surface area contributed by atoms with Gasteiger partial charge in [-0.2, -0.15) is 0 Å². The maximum Gasteiger partial charge on any atom is 0.261 e. The standard InChI is InChI=1S/C21H22N2O3S/c1-23(2)19-12-10-18(11-13-19)22-27(24,25)21-9-5-7-17(15-21)16-6-4-8-20(14-16)26-3/h4-15,22H,1-3H3. The predicted octanol–water partition coefficient (Wildman–Crippen LogP) is 4.23. The van der Waals surface area contributed by atoms with Crippen molar-refractivity contribution in [1.82, 2.24) is 0 Å². The second-order valence-corrected chi connectivity index (χ2v) is 7.99. The van der Waals surface area contributed by atoms with E-state index >= 15 is 0 Å². The van der Waals surface area contributed by atoms with Crippen LogP contribution in [0.4, 0.5) is 11.4 Å². The van der Waals surface area contributed by atoms with E-state index in [1.807, 2.05) is 61.5 Å². The lowest BCUT2D eigenvalue weighted by Crippen LogP contribution is -2.13. The summed E-state index contributed by atoms with van der Waals surface area (Å²) in [5.74, 6) is 0.722. The fourth-order valence-corrected chi connectivity index (χ4v) is 3.79.